The number of carbonyl (C=O) groups is 1. The Morgan fingerprint density at radius 2 is 1.57 bits per heavy atom. The number of aryl methyl sites for hydroxylation is 1. The number of amides is 1. The summed E-state index contributed by atoms with van der Waals surface area (Å²) in [5, 5.41) is 16.6. The van der Waals surface area contributed by atoms with Crippen LogP contribution in [0.2, 0.25) is 10.0 Å². The Balaban J connectivity index is 0.00000151. The second kappa shape index (κ2) is 29.6. The Morgan fingerprint density at radius 1 is 1.00 bits per heavy atom. The van der Waals surface area contributed by atoms with Crippen molar-refractivity contribution in [2.75, 3.05) is 25.7 Å². The first kappa shape index (κ1) is 56.4. The number of aliphatic hydroxyl groups is 1. The maximum absolute atomic E-state index is 13.1. The highest BCUT2D eigenvalue weighted by Gasteiger charge is 2.56. The highest BCUT2D eigenvalue weighted by Crippen LogP contribution is 2.58. The minimum Gasteiger partial charge on any atom is -0.481 e. The van der Waals surface area contributed by atoms with Crippen molar-refractivity contribution in [2.45, 2.75) is 151 Å². The number of rotatable bonds is 16. The summed E-state index contributed by atoms with van der Waals surface area (Å²) in [5.74, 6) is 0.0242. The van der Waals surface area contributed by atoms with Gasteiger partial charge in [-0.1, -0.05) is 132 Å². The molecule has 1 unspecified atom stereocenters. The third-order valence-electron chi connectivity index (χ3n) is 10.8. The van der Waals surface area contributed by atoms with Crippen LogP contribution < -0.4 is 15.0 Å². The number of benzene rings is 3. The Morgan fingerprint density at radius 3 is 2.00 bits per heavy atom. The Labute approximate surface area is 374 Å². The molecule has 0 saturated carbocycles. The molecule has 0 aromatic heterocycles. The SMILES string of the molecule is C=C(NC)C(CC)(CC)Oc1ccc(Cl)cc1[C@H](C/C(C)=C/C)[C@]1(CCCC)c2ccc(Cl)cc2N(C(C)=O)C1O.C=CCCC.CC.CCOC.Cc1ccc(F)cc1. The van der Waals surface area contributed by atoms with Crippen molar-refractivity contribution in [1.82, 2.24) is 5.32 Å². The van der Waals surface area contributed by atoms with Gasteiger partial charge in [-0.15, -0.1) is 6.58 Å². The normalized spacial score (nSPS) is 15.8. The first-order valence-electron chi connectivity index (χ1n) is 21.6. The lowest BCUT2D eigenvalue weighted by Crippen LogP contribution is -2.50. The monoisotopic (exact) mass is 871 g/mol. The zero-order valence-corrected chi connectivity index (χ0v) is 40.6. The minimum absolute atomic E-state index is 0.171. The second-order valence-corrected chi connectivity index (χ2v) is 15.5. The highest BCUT2D eigenvalue weighted by molar-refractivity contribution is 6.31. The number of nitrogens with zero attached hydrogens (tertiary/aromatic N) is 1. The molecule has 0 saturated heterocycles. The number of unbranched alkanes of at least 4 members (excludes halogenated alkanes) is 2. The molecule has 60 heavy (non-hydrogen) atoms. The topological polar surface area (TPSA) is 71.0 Å². The van der Waals surface area contributed by atoms with E-state index in [-0.39, 0.29) is 17.6 Å². The van der Waals surface area contributed by atoms with E-state index in [0.717, 1.165) is 53.8 Å². The molecule has 0 aliphatic carbocycles. The van der Waals surface area contributed by atoms with Crippen LogP contribution in [0.3, 0.4) is 0 Å². The number of anilines is 1. The van der Waals surface area contributed by atoms with Gasteiger partial charge in [0.2, 0.25) is 5.91 Å². The van der Waals surface area contributed by atoms with Gasteiger partial charge in [-0.25, -0.2) is 4.39 Å². The Bertz CT molecular complexity index is 1720. The Hall–Kier alpha value is -3.62. The molecule has 0 fully saturated rings. The number of aliphatic hydroxyl groups excluding tert-OH is 1. The number of halogens is 3. The summed E-state index contributed by atoms with van der Waals surface area (Å²) in [6, 6.07) is 17.8. The number of allylic oxidation sites excluding steroid dienone is 3. The van der Waals surface area contributed by atoms with Gasteiger partial charge in [0.1, 0.15) is 23.4 Å². The zero-order chi connectivity index (χ0) is 46.1. The number of nitrogens with one attached hydrogen (secondary N) is 1. The van der Waals surface area contributed by atoms with E-state index in [1.54, 1.807) is 25.3 Å². The third-order valence-corrected chi connectivity index (χ3v) is 11.3. The van der Waals surface area contributed by atoms with E-state index in [4.69, 9.17) is 27.9 Å². The van der Waals surface area contributed by atoms with Gasteiger partial charge in [-0.05, 0) is 108 Å². The molecule has 0 bridgehead atoms. The van der Waals surface area contributed by atoms with Crippen molar-refractivity contribution in [3.8, 4) is 5.75 Å². The first-order chi connectivity index (χ1) is 28.6. The maximum Gasteiger partial charge on any atom is 0.226 e. The van der Waals surface area contributed by atoms with Gasteiger partial charge < -0.3 is 19.9 Å². The van der Waals surface area contributed by atoms with Crippen LogP contribution in [0.5, 0.6) is 5.75 Å². The van der Waals surface area contributed by atoms with Crippen molar-refractivity contribution in [3.63, 3.8) is 0 Å². The average molecular weight is 872 g/mol. The van der Waals surface area contributed by atoms with Gasteiger partial charge in [-0.3, -0.25) is 9.69 Å². The van der Waals surface area contributed by atoms with E-state index in [0.29, 0.717) is 47.2 Å². The molecule has 6 nitrogen and oxygen atoms in total. The van der Waals surface area contributed by atoms with Crippen molar-refractivity contribution >= 4 is 34.8 Å². The van der Waals surface area contributed by atoms with E-state index in [1.807, 2.05) is 78.1 Å². The fraction of sp³-hybridized carbons (Fsp3) is 0.510. The van der Waals surface area contributed by atoms with Crippen LogP contribution in [0.4, 0.5) is 10.1 Å². The van der Waals surface area contributed by atoms with Gasteiger partial charge in [0.05, 0.1) is 5.69 Å². The lowest BCUT2D eigenvalue weighted by Gasteiger charge is -2.44. The molecule has 1 amide bonds. The molecule has 2 N–H and O–H groups in total. The molecule has 1 aliphatic rings. The standard InChI is InChI=1S/C34H46Cl2N2O3.C7H7F.C5H10.C3H8O.C2H6/c1-9-13-18-34(28-16-14-26(36)21-30(28)38(24(7)39)32(34)40)29(19-22(5)10-2)27-20-25(35)15-17-31(27)41-33(11-3,12-4)23(6)37-8;1-6-2-4-7(8)5-3-6;1-3-5-4-2;1-3-4-2;1-2/h10,14-17,20-21,29,32,37,40H,6,9,11-13,18-19H2,1-5,7-8H3;2-5H,1H3;3H,1,4-5H2,2H3;3H2,1-2H3;1-2H3/b22-10+;;;;/t29-,32?,34-;;;;/m0..../s1. The van der Waals surface area contributed by atoms with Crippen molar-refractivity contribution in [3.05, 3.63) is 130 Å². The number of fused-ring (bicyclic) bond motifs is 1. The fourth-order valence-electron chi connectivity index (χ4n) is 7.17. The molecule has 9 heteroatoms. The number of ether oxygens (including phenoxy) is 2. The molecule has 336 valence electrons. The maximum atomic E-state index is 13.1. The van der Waals surface area contributed by atoms with E-state index in [2.05, 4.69) is 63.9 Å². The molecule has 3 atom stereocenters. The van der Waals surface area contributed by atoms with Crippen LogP contribution in [0.1, 0.15) is 143 Å². The number of carbonyl (C=O) groups excluding carboxylic acids is 1. The largest absolute Gasteiger partial charge is 0.481 e. The smallest absolute Gasteiger partial charge is 0.226 e. The first-order valence-corrected chi connectivity index (χ1v) is 22.4. The van der Waals surface area contributed by atoms with Crippen LogP contribution in [0, 0.1) is 12.7 Å². The Kier molecular flexibility index (Phi) is 27.8. The molecule has 4 rings (SSSR count). The molecule has 0 radical (unpaired) electrons. The minimum atomic E-state index is -1.10. The molecular formula is C51H77Cl2FN2O4. The number of hydrogen-bond donors (Lipinski definition) is 2. The molecular weight excluding hydrogens is 794 g/mol. The van der Waals surface area contributed by atoms with Crippen LogP contribution in [0.15, 0.2) is 97.2 Å². The van der Waals surface area contributed by atoms with Crippen molar-refractivity contribution in [2.24, 2.45) is 0 Å². The lowest BCUT2D eigenvalue weighted by molar-refractivity contribution is -0.119. The predicted molar refractivity (Wildman–Crippen MR) is 257 cm³/mol. The third kappa shape index (κ3) is 15.7. The predicted octanol–water partition coefficient (Wildman–Crippen LogP) is 14.7. The van der Waals surface area contributed by atoms with Gasteiger partial charge in [0, 0.05) is 60.3 Å². The molecule has 1 heterocycles. The summed E-state index contributed by atoms with van der Waals surface area (Å²) < 4.78 is 23.6. The molecule has 0 spiro atoms. The van der Waals surface area contributed by atoms with E-state index < -0.39 is 17.2 Å². The number of hydrogen-bond acceptors (Lipinski definition) is 5. The van der Waals surface area contributed by atoms with Gasteiger partial charge in [0.25, 0.3) is 0 Å². The van der Waals surface area contributed by atoms with Gasteiger partial charge in [0.15, 0.2) is 0 Å². The number of methoxy groups -OCH3 is 1. The summed E-state index contributed by atoms with van der Waals surface area (Å²) >= 11 is 13.2. The number of likely N-dealkylation sites (N-methyl/N-ethyl adjacent to an activating group) is 1. The van der Waals surface area contributed by atoms with Crippen LogP contribution in [-0.4, -0.2) is 43.6 Å². The van der Waals surface area contributed by atoms with Crippen LogP contribution >= 0.6 is 23.2 Å². The molecule has 3 aromatic carbocycles. The van der Waals surface area contributed by atoms with Gasteiger partial charge >= 0.3 is 0 Å². The van der Waals surface area contributed by atoms with Crippen molar-refractivity contribution in [1.29, 1.82) is 0 Å². The molecule has 1 aliphatic heterocycles. The summed E-state index contributed by atoms with van der Waals surface area (Å²) in [6.45, 7) is 30.6. The summed E-state index contributed by atoms with van der Waals surface area (Å²) in [7, 11) is 3.54. The average Bonchev–Trinajstić information content (AvgIpc) is 3.50. The van der Waals surface area contributed by atoms with E-state index >= 15 is 0 Å². The summed E-state index contributed by atoms with van der Waals surface area (Å²) in [5.41, 5.74) is 4.04. The molecule has 3 aromatic rings. The highest BCUT2D eigenvalue weighted by atomic mass is 35.5. The van der Waals surface area contributed by atoms with E-state index in [1.165, 1.54) is 30.4 Å². The quantitative estimate of drug-likeness (QED) is 0.140. The van der Waals surface area contributed by atoms with E-state index in [9.17, 15) is 14.3 Å². The van der Waals surface area contributed by atoms with Gasteiger partial charge in [-0.2, -0.15) is 0 Å². The van der Waals surface area contributed by atoms with Crippen LogP contribution in [-0.2, 0) is 14.9 Å². The fourth-order valence-corrected chi connectivity index (χ4v) is 7.51. The van der Waals surface area contributed by atoms with Crippen LogP contribution in [0.25, 0.3) is 0 Å². The second-order valence-electron chi connectivity index (χ2n) is 14.6. The van der Waals surface area contributed by atoms with Crippen molar-refractivity contribution < 1.29 is 23.8 Å². The lowest BCUT2D eigenvalue weighted by atomic mass is 9.63. The summed E-state index contributed by atoms with van der Waals surface area (Å²) in [6.07, 6.45) is 9.83. The summed E-state index contributed by atoms with van der Waals surface area (Å²) in [4.78, 5) is 14.6. The zero-order valence-electron chi connectivity index (χ0n) is 39.1.